The second-order valence-corrected chi connectivity index (χ2v) is 13.5. The van der Waals surface area contributed by atoms with Crippen molar-refractivity contribution in [2.45, 2.75) is 57.4 Å². The number of likely N-dealkylation sites (tertiary alicyclic amines) is 2. The summed E-state index contributed by atoms with van der Waals surface area (Å²) in [7, 11) is 2.13. The fourth-order valence-corrected chi connectivity index (χ4v) is 7.58. The molecule has 0 bridgehead atoms. The molecule has 4 aliphatic heterocycles. The third kappa shape index (κ3) is 6.63. The highest BCUT2D eigenvalue weighted by Crippen LogP contribution is 2.36. The van der Waals surface area contributed by atoms with E-state index in [0.29, 0.717) is 64.5 Å². The third-order valence-electron chi connectivity index (χ3n) is 10.3. The molecule has 1 aromatic heterocycles. The van der Waals surface area contributed by atoms with Crippen LogP contribution in [-0.4, -0.2) is 115 Å². The number of anilines is 2. The summed E-state index contributed by atoms with van der Waals surface area (Å²) in [6.45, 7) is 7.77. The monoisotopic (exact) mass is 650 g/mol. The molecule has 0 saturated carbocycles. The minimum atomic E-state index is -0.802. The van der Waals surface area contributed by atoms with Crippen LogP contribution in [0, 0.1) is 30.1 Å². The number of halogens is 1. The first kappa shape index (κ1) is 32.1. The highest BCUT2D eigenvalue weighted by atomic mass is 19.1. The SMILES string of the molecule is Cc1cccc2cccc(N3CCc4c(nc(OC[C@@H]5CCCN5C)nc4N4CCN(C(=O)C#CCN5CC(F)C5)[C@@H](CC#N)C4)C3)c12. The van der Waals surface area contributed by atoms with Crippen LogP contribution < -0.4 is 14.5 Å². The zero-order valence-electron chi connectivity index (χ0n) is 27.9. The Balaban J connectivity index is 1.15. The molecule has 0 N–H and O–H groups in total. The molecule has 1 amide bonds. The molecule has 10 nitrogen and oxygen atoms in total. The van der Waals surface area contributed by atoms with Crippen molar-refractivity contribution in [3.63, 3.8) is 0 Å². The van der Waals surface area contributed by atoms with Crippen molar-refractivity contribution in [1.82, 2.24) is 24.7 Å². The van der Waals surface area contributed by atoms with Crippen molar-refractivity contribution in [2.75, 3.05) is 75.8 Å². The van der Waals surface area contributed by atoms with E-state index in [9.17, 15) is 14.4 Å². The highest BCUT2D eigenvalue weighted by Gasteiger charge is 2.34. The first-order valence-electron chi connectivity index (χ1n) is 17.1. The van der Waals surface area contributed by atoms with Gasteiger partial charge in [0.05, 0.1) is 37.3 Å². The lowest BCUT2D eigenvalue weighted by Crippen LogP contribution is -2.55. The number of benzene rings is 2. The number of hydrogen-bond acceptors (Lipinski definition) is 9. The summed E-state index contributed by atoms with van der Waals surface area (Å²) in [5.41, 5.74) is 4.50. The quantitative estimate of drug-likeness (QED) is 0.356. The predicted molar refractivity (Wildman–Crippen MR) is 184 cm³/mol. The Morgan fingerprint density at radius 1 is 1.04 bits per heavy atom. The number of aryl methyl sites for hydroxylation is 1. The van der Waals surface area contributed by atoms with Gasteiger partial charge in [0.1, 0.15) is 18.6 Å². The molecule has 2 atom stereocenters. The highest BCUT2D eigenvalue weighted by molar-refractivity contribution is 5.97. The zero-order chi connectivity index (χ0) is 33.2. The molecule has 3 aromatic rings. The largest absolute Gasteiger partial charge is 0.462 e. The summed E-state index contributed by atoms with van der Waals surface area (Å²) >= 11 is 0. The van der Waals surface area contributed by atoms with Crippen LogP contribution in [0.5, 0.6) is 6.01 Å². The normalized spacial score (nSPS) is 21.8. The maximum absolute atomic E-state index is 13.2. The minimum absolute atomic E-state index is 0.193. The van der Waals surface area contributed by atoms with Gasteiger partial charge >= 0.3 is 6.01 Å². The lowest BCUT2D eigenvalue weighted by atomic mass is 9.99. The number of carbonyl (C=O) groups is 1. The molecule has 250 valence electrons. The molecule has 4 aliphatic rings. The van der Waals surface area contributed by atoms with Gasteiger partial charge in [-0.05, 0) is 62.7 Å². The zero-order valence-corrected chi connectivity index (χ0v) is 27.9. The average molecular weight is 651 g/mol. The Labute approximate surface area is 282 Å². The Morgan fingerprint density at radius 2 is 1.88 bits per heavy atom. The smallest absolute Gasteiger partial charge is 0.318 e. The van der Waals surface area contributed by atoms with E-state index in [2.05, 4.69) is 83.0 Å². The number of nitrogens with zero attached hydrogens (tertiary/aromatic N) is 8. The van der Waals surface area contributed by atoms with Crippen LogP contribution >= 0.6 is 0 Å². The summed E-state index contributed by atoms with van der Waals surface area (Å²) in [5.74, 6) is 6.20. The molecule has 11 heteroatoms. The standard InChI is InChI=1S/C37H43FN8O2/c1-26-7-3-8-27-9-4-11-33(35(26)27)44-18-14-31-32(24-44)40-37(48-25-30-10-5-16-42(30)2)41-36(31)45-19-20-46(29(23-45)13-15-39)34(47)12-6-17-43-21-28(38)22-43/h3-4,7-9,11,28-30H,5,10,13-14,16-25H2,1-2H3/t29-,30-/m0/s1. The number of aromatic nitrogens is 2. The van der Waals surface area contributed by atoms with Crippen LogP contribution in [0.1, 0.15) is 36.1 Å². The van der Waals surface area contributed by atoms with Gasteiger partial charge in [-0.3, -0.25) is 9.69 Å². The molecule has 0 radical (unpaired) electrons. The molecule has 3 fully saturated rings. The van der Waals surface area contributed by atoms with Crippen LogP contribution in [0.15, 0.2) is 36.4 Å². The van der Waals surface area contributed by atoms with Crippen molar-refractivity contribution in [3.8, 4) is 23.9 Å². The van der Waals surface area contributed by atoms with Gasteiger partial charge in [0.2, 0.25) is 0 Å². The summed E-state index contributed by atoms with van der Waals surface area (Å²) in [4.78, 5) is 33.7. The number of amides is 1. The maximum Gasteiger partial charge on any atom is 0.318 e. The molecular formula is C37H43FN8O2. The number of hydrogen-bond donors (Lipinski definition) is 0. The molecule has 48 heavy (non-hydrogen) atoms. The number of fused-ring (bicyclic) bond motifs is 2. The van der Waals surface area contributed by atoms with Gasteiger partial charge in [-0.25, -0.2) is 4.39 Å². The van der Waals surface area contributed by atoms with E-state index >= 15 is 0 Å². The number of likely N-dealkylation sites (N-methyl/N-ethyl adjacent to an activating group) is 1. The molecule has 5 heterocycles. The maximum atomic E-state index is 13.2. The van der Waals surface area contributed by atoms with Crippen LogP contribution in [0.2, 0.25) is 0 Å². The Bertz CT molecular complexity index is 1770. The van der Waals surface area contributed by atoms with Crippen LogP contribution in [-0.2, 0) is 17.8 Å². The van der Waals surface area contributed by atoms with E-state index < -0.39 is 6.17 Å². The van der Waals surface area contributed by atoms with E-state index in [0.717, 1.165) is 49.4 Å². The van der Waals surface area contributed by atoms with E-state index in [1.807, 2.05) is 4.90 Å². The molecule has 3 saturated heterocycles. The summed E-state index contributed by atoms with van der Waals surface area (Å²) in [5, 5.41) is 12.2. The van der Waals surface area contributed by atoms with Crippen molar-refractivity contribution >= 4 is 28.2 Å². The lowest BCUT2D eigenvalue weighted by Gasteiger charge is -2.42. The number of rotatable bonds is 7. The summed E-state index contributed by atoms with van der Waals surface area (Å²) in [6.07, 6.45) is 2.40. The van der Waals surface area contributed by atoms with E-state index in [-0.39, 0.29) is 18.4 Å². The van der Waals surface area contributed by atoms with Crippen LogP contribution in [0.4, 0.5) is 15.9 Å². The van der Waals surface area contributed by atoms with Gasteiger partial charge in [-0.2, -0.15) is 15.2 Å². The fraction of sp³-hybridized carbons (Fsp3) is 0.514. The second-order valence-electron chi connectivity index (χ2n) is 13.5. The molecular weight excluding hydrogens is 607 g/mol. The average Bonchev–Trinajstić information content (AvgIpc) is 3.50. The third-order valence-corrected chi connectivity index (χ3v) is 10.3. The van der Waals surface area contributed by atoms with E-state index in [4.69, 9.17) is 14.7 Å². The Kier molecular flexibility index (Phi) is 9.34. The first-order valence-corrected chi connectivity index (χ1v) is 17.1. The molecule has 0 aliphatic carbocycles. The number of nitriles is 1. The van der Waals surface area contributed by atoms with Gasteiger partial charge < -0.3 is 24.3 Å². The molecule has 7 rings (SSSR count). The summed E-state index contributed by atoms with van der Waals surface area (Å²) < 4.78 is 19.5. The van der Waals surface area contributed by atoms with E-state index in [1.54, 1.807) is 4.90 Å². The topological polar surface area (TPSA) is 92.1 Å². The first-order chi connectivity index (χ1) is 23.4. The van der Waals surface area contributed by atoms with Gasteiger partial charge in [-0.15, -0.1) is 0 Å². The van der Waals surface area contributed by atoms with Gasteiger partial charge in [0.15, 0.2) is 0 Å². The van der Waals surface area contributed by atoms with Gasteiger partial charge in [0.25, 0.3) is 5.91 Å². The molecule has 0 unspecified atom stereocenters. The van der Waals surface area contributed by atoms with Crippen LogP contribution in [0.3, 0.4) is 0 Å². The number of ether oxygens (including phenoxy) is 1. The second kappa shape index (κ2) is 14.0. The molecule has 0 spiro atoms. The number of piperazine rings is 1. The minimum Gasteiger partial charge on any atom is -0.462 e. The summed E-state index contributed by atoms with van der Waals surface area (Å²) in [6, 6.07) is 15.6. The van der Waals surface area contributed by atoms with E-state index in [1.165, 1.54) is 22.0 Å². The van der Waals surface area contributed by atoms with Crippen LogP contribution in [0.25, 0.3) is 10.8 Å². The van der Waals surface area contributed by atoms with Crippen molar-refractivity contribution in [2.24, 2.45) is 0 Å². The van der Waals surface area contributed by atoms with Crippen molar-refractivity contribution < 1.29 is 13.9 Å². The van der Waals surface area contributed by atoms with Crippen molar-refractivity contribution in [1.29, 1.82) is 5.26 Å². The molecule has 2 aromatic carbocycles. The fourth-order valence-electron chi connectivity index (χ4n) is 7.58. The predicted octanol–water partition coefficient (Wildman–Crippen LogP) is 3.56. The van der Waals surface area contributed by atoms with Gasteiger partial charge in [-0.1, -0.05) is 36.3 Å². The Morgan fingerprint density at radius 3 is 2.65 bits per heavy atom. The van der Waals surface area contributed by atoms with Gasteiger partial charge in [0, 0.05) is 61.9 Å². The number of carbonyl (C=O) groups excluding carboxylic acids is 1. The lowest BCUT2D eigenvalue weighted by molar-refractivity contribution is -0.127. The number of alkyl halides is 1. The van der Waals surface area contributed by atoms with Crippen molar-refractivity contribution in [3.05, 3.63) is 53.2 Å². The Hall–Kier alpha value is -4.45.